The van der Waals surface area contributed by atoms with E-state index in [1.54, 1.807) is 4.90 Å². The second-order valence-corrected chi connectivity index (χ2v) is 4.55. The van der Waals surface area contributed by atoms with E-state index in [-0.39, 0.29) is 25.6 Å². The van der Waals surface area contributed by atoms with Gasteiger partial charge in [0.2, 0.25) is 0 Å². The van der Waals surface area contributed by atoms with Gasteiger partial charge >= 0.3 is 0 Å². The maximum atomic E-state index is 9.72. The van der Waals surface area contributed by atoms with Crippen molar-refractivity contribution in [3.05, 3.63) is 12.7 Å². The zero-order valence-corrected chi connectivity index (χ0v) is 10.5. The molecule has 0 aliphatic heterocycles. The van der Waals surface area contributed by atoms with Gasteiger partial charge in [0, 0.05) is 19.6 Å². The molecule has 17 heavy (non-hydrogen) atoms. The van der Waals surface area contributed by atoms with Crippen molar-refractivity contribution in [3.8, 4) is 0 Å². The van der Waals surface area contributed by atoms with Crippen LogP contribution in [0.15, 0.2) is 12.7 Å². The summed E-state index contributed by atoms with van der Waals surface area (Å²) in [5.74, 6) is -0.368. The average molecular weight is 271 g/mol. The molecule has 0 fully saturated rings. The Bertz CT molecular complexity index is 252. The summed E-state index contributed by atoms with van der Waals surface area (Å²) in [5, 5.41) is 25.5. The van der Waals surface area contributed by atoms with Gasteiger partial charge < -0.3 is 15.3 Å². The van der Waals surface area contributed by atoms with Crippen LogP contribution < -0.4 is 0 Å². The predicted molar refractivity (Wildman–Crippen MR) is 64.3 cm³/mol. The van der Waals surface area contributed by atoms with Crippen molar-refractivity contribution in [2.75, 3.05) is 45.2 Å². The van der Waals surface area contributed by atoms with Crippen molar-refractivity contribution in [2.45, 2.75) is 0 Å². The molecular formula is C9H21NO6S. The van der Waals surface area contributed by atoms with Crippen LogP contribution in [0.1, 0.15) is 0 Å². The Labute approximate surface area is 102 Å². The molecule has 0 aromatic heterocycles. The van der Waals surface area contributed by atoms with E-state index in [1.807, 2.05) is 0 Å². The molecule has 0 saturated heterocycles. The Hall–Kier alpha value is -0.510. The maximum Gasteiger partial charge on any atom is 0.268 e. The number of aliphatic hydroxyl groups is 3. The SMILES string of the molecule is C=CCS(=O)(=O)O.OCCN(CCO)CCO. The summed E-state index contributed by atoms with van der Waals surface area (Å²) in [4.78, 5) is 1.79. The first-order valence-corrected chi connectivity index (χ1v) is 6.63. The molecule has 0 aliphatic rings. The van der Waals surface area contributed by atoms with Crippen molar-refractivity contribution < 1.29 is 28.3 Å². The van der Waals surface area contributed by atoms with E-state index >= 15 is 0 Å². The topological polar surface area (TPSA) is 118 Å². The molecule has 0 amide bonds. The van der Waals surface area contributed by atoms with E-state index in [0.29, 0.717) is 19.6 Å². The van der Waals surface area contributed by atoms with Crippen molar-refractivity contribution >= 4 is 10.1 Å². The molecule has 7 nitrogen and oxygen atoms in total. The first-order chi connectivity index (χ1) is 7.91. The Morgan fingerprint density at radius 1 is 1.00 bits per heavy atom. The third-order valence-corrected chi connectivity index (χ3v) is 2.23. The third kappa shape index (κ3) is 18.1. The van der Waals surface area contributed by atoms with Gasteiger partial charge in [0.05, 0.1) is 25.6 Å². The first-order valence-electron chi connectivity index (χ1n) is 5.02. The second kappa shape index (κ2) is 12.0. The van der Waals surface area contributed by atoms with E-state index in [9.17, 15) is 8.42 Å². The summed E-state index contributed by atoms with van der Waals surface area (Å²) in [6.45, 7) is 4.86. The molecule has 0 spiro atoms. The summed E-state index contributed by atoms with van der Waals surface area (Å²) in [6, 6.07) is 0. The molecular weight excluding hydrogens is 250 g/mol. The van der Waals surface area contributed by atoms with Crippen LogP contribution in [-0.2, 0) is 10.1 Å². The van der Waals surface area contributed by atoms with Crippen LogP contribution in [-0.4, -0.2) is 78.4 Å². The highest BCUT2D eigenvalue weighted by molar-refractivity contribution is 7.85. The summed E-state index contributed by atoms with van der Waals surface area (Å²) in [5.41, 5.74) is 0. The van der Waals surface area contributed by atoms with E-state index in [4.69, 9.17) is 19.9 Å². The standard InChI is InChI=1S/C6H15NO3.C3H6O3S/c8-4-1-7(2-5-9)3-6-10;1-2-3-7(4,5)6/h8-10H,1-6H2;2H,1,3H2,(H,4,5,6). The predicted octanol–water partition coefficient (Wildman–Crippen LogP) is -1.67. The van der Waals surface area contributed by atoms with Crippen molar-refractivity contribution in [3.63, 3.8) is 0 Å². The van der Waals surface area contributed by atoms with Crippen molar-refractivity contribution in [2.24, 2.45) is 0 Å². The number of aliphatic hydroxyl groups excluding tert-OH is 3. The number of hydrogen-bond acceptors (Lipinski definition) is 6. The average Bonchev–Trinajstić information content (AvgIpc) is 2.18. The van der Waals surface area contributed by atoms with Gasteiger partial charge in [0.15, 0.2) is 0 Å². The molecule has 0 aromatic carbocycles. The van der Waals surface area contributed by atoms with Crippen LogP contribution >= 0.6 is 0 Å². The lowest BCUT2D eigenvalue weighted by molar-refractivity contribution is 0.136. The van der Waals surface area contributed by atoms with E-state index in [0.717, 1.165) is 6.08 Å². The van der Waals surface area contributed by atoms with Gasteiger partial charge in [-0.05, 0) is 0 Å². The van der Waals surface area contributed by atoms with Gasteiger partial charge in [-0.2, -0.15) is 8.42 Å². The molecule has 104 valence electrons. The normalized spacial score (nSPS) is 10.9. The van der Waals surface area contributed by atoms with Crippen molar-refractivity contribution in [1.29, 1.82) is 0 Å². The van der Waals surface area contributed by atoms with E-state index in [2.05, 4.69) is 6.58 Å². The van der Waals surface area contributed by atoms with Gasteiger partial charge in [0.25, 0.3) is 10.1 Å². The maximum absolute atomic E-state index is 9.72. The van der Waals surface area contributed by atoms with Crippen LogP contribution in [0, 0.1) is 0 Å². The highest BCUT2D eigenvalue weighted by Gasteiger charge is 2.00. The molecule has 0 unspecified atom stereocenters. The molecule has 0 atom stereocenters. The van der Waals surface area contributed by atoms with Crippen LogP contribution in [0.3, 0.4) is 0 Å². The zero-order valence-electron chi connectivity index (χ0n) is 9.70. The minimum atomic E-state index is -3.79. The molecule has 0 rings (SSSR count). The highest BCUT2D eigenvalue weighted by Crippen LogP contribution is 1.84. The number of nitrogens with zero attached hydrogens (tertiary/aromatic N) is 1. The summed E-state index contributed by atoms with van der Waals surface area (Å²) < 4.78 is 27.3. The van der Waals surface area contributed by atoms with Crippen LogP contribution in [0.4, 0.5) is 0 Å². The van der Waals surface area contributed by atoms with Crippen LogP contribution in [0.25, 0.3) is 0 Å². The van der Waals surface area contributed by atoms with Crippen LogP contribution in [0.2, 0.25) is 0 Å². The molecule has 0 heterocycles. The summed E-state index contributed by atoms with van der Waals surface area (Å²) in [6.07, 6.45) is 1.12. The summed E-state index contributed by atoms with van der Waals surface area (Å²) >= 11 is 0. The Morgan fingerprint density at radius 2 is 1.35 bits per heavy atom. The minimum absolute atomic E-state index is 0.0694. The quantitative estimate of drug-likeness (QED) is 0.308. The largest absolute Gasteiger partial charge is 0.395 e. The lowest BCUT2D eigenvalue weighted by Crippen LogP contribution is -2.32. The molecule has 8 heteroatoms. The summed E-state index contributed by atoms with van der Waals surface area (Å²) in [7, 11) is -3.79. The fourth-order valence-electron chi connectivity index (χ4n) is 0.909. The van der Waals surface area contributed by atoms with Gasteiger partial charge in [-0.1, -0.05) is 6.08 Å². The monoisotopic (exact) mass is 271 g/mol. The lowest BCUT2D eigenvalue weighted by atomic mass is 10.4. The lowest BCUT2D eigenvalue weighted by Gasteiger charge is -2.17. The number of rotatable bonds is 8. The molecule has 4 N–H and O–H groups in total. The van der Waals surface area contributed by atoms with Crippen LogP contribution in [0.5, 0.6) is 0 Å². The molecule has 0 saturated carbocycles. The fourth-order valence-corrected chi connectivity index (χ4v) is 1.21. The van der Waals surface area contributed by atoms with Gasteiger partial charge in [-0.25, -0.2) is 0 Å². The third-order valence-electron chi connectivity index (χ3n) is 1.58. The number of hydrogen-bond donors (Lipinski definition) is 4. The van der Waals surface area contributed by atoms with Crippen molar-refractivity contribution in [1.82, 2.24) is 4.90 Å². The molecule has 0 bridgehead atoms. The van der Waals surface area contributed by atoms with Gasteiger partial charge in [-0.15, -0.1) is 6.58 Å². The minimum Gasteiger partial charge on any atom is -0.395 e. The molecule has 0 aromatic rings. The Balaban J connectivity index is 0. The Kier molecular flexibility index (Phi) is 13.3. The zero-order chi connectivity index (χ0) is 13.7. The van der Waals surface area contributed by atoms with E-state index < -0.39 is 10.1 Å². The van der Waals surface area contributed by atoms with Gasteiger partial charge in [0.1, 0.15) is 0 Å². The second-order valence-electron chi connectivity index (χ2n) is 3.05. The molecule has 0 radical (unpaired) electrons. The first kappa shape index (κ1) is 18.8. The van der Waals surface area contributed by atoms with E-state index in [1.165, 1.54) is 0 Å². The highest BCUT2D eigenvalue weighted by atomic mass is 32.2. The van der Waals surface area contributed by atoms with Gasteiger partial charge in [-0.3, -0.25) is 9.45 Å². The molecule has 0 aliphatic carbocycles. The smallest absolute Gasteiger partial charge is 0.268 e. The Morgan fingerprint density at radius 3 is 1.47 bits per heavy atom. The fraction of sp³-hybridized carbons (Fsp3) is 0.778.